The summed E-state index contributed by atoms with van der Waals surface area (Å²) in [6.07, 6.45) is 0.890. The van der Waals surface area contributed by atoms with Crippen LogP contribution in [-0.2, 0) is 9.53 Å². The van der Waals surface area contributed by atoms with Crippen LogP contribution < -0.4 is 4.74 Å². The molecule has 0 aromatic heterocycles. The lowest BCUT2D eigenvalue weighted by Gasteiger charge is -2.36. The molecule has 1 aromatic carbocycles. The second-order valence-electron chi connectivity index (χ2n) is 6.07. The molecule has 1 aromatic rings. The topological polar surface area (TPSA) is 76.1 Å². The molecule has 1 aliphatic heterocycles. The number of hydrogen-bond donors (Lipinski definition) is 1. The van der Waals surface area contributed by atoms with Gasteiger partial charge in [0.2, 0.25) is 0 Å². The Kier molecular flexibility index (Phi) is 5.98. The van der Waals surface area contributed by atoms with E-state index >= 15 is 0 Å². The summed E-state index contributed by atoms with van der Waals surface area (Å²) in [5.74, 6) is -0.263. The fourth-order valence-corrected chi connectivity index (χ4v) is 2.69. The van der Waals surface area contributed by atoms with Crippen LogP contribution in [0.15, 0.2) is 24.3 Å². The third-order valence-electron chi connectivity index (χ3n) is 3.68. The first kappa shape index (κ1) is 17.3. The number of carboxylic acid groups (broad SMARTS) is 1. The first-order chi connectivity index (χ1) is 11.0. The third-order valence-corrected chi connectivity index (χ3v) is 3.68. The van der Waals surface area contributed by atoms with E-state index in [1.54, 1.807) is 24.3 Å². The molecule has 23 heavy (non-hydrogen) atoms. The van der Waals surface area contributed by atoms with Crippen LogP contribution >= 0.6 is 0 Å². The van der Waals surface area contributed by atoms with Crippen molar-refractivity contribution in [2.75, 3.05) is 26.4 Å². The first-order valence-corrected chi connectivity index (χ1v) is 7.80. The van der Waals surface area contributed by atoms with Crippen molar-refractivity contribution in [2.24, 2.45) is 5.92 Å². The Bertz CT molecular complexity index is 558. The van der Waals surface area contributed by atoms with Crippen molar-refractivity contribution in [3.05, 3.63) is 29.8 Å². The van der Waals surface area contributed by atoms with E-state index in [9.17, 15) is 9.59 Å². The minimum absolute atomic E-state index is 0.0693. The molecule has 1 aliphatic rings. The Hall–Kier alpha value is -2.08. The Balaban J connectivity index is 2.11. The van der Waals surface area contributed by atoms with Crippen LogP contribution in [-0.4, -0.2) is 54.3 Å². The minimum Gasteiger partial charge on any atom is -0.482 e. The third kappa shape index (κ3) is 4.96. The van der Waals surface area contributed by atoms with Crippen LogP contribution in [0, 0.1) is 5.92 Å². The Morgan fingerprint density at radius 2 is 2.22 bits per heavy atom. The number of nitrogens with zero attached hydrogens (tertiary/aromatic N) is 1. The van der Waals surface area contributed by atoms with Gasteiger partial charge in [0, 0.05) is 12.1 Å². The largest absolute Gasteiger partial charge is 0.482 e. The molecule has 0 radical (unpaired) electrons. The van der Waals surface area contributed by atoms with Gasteiger partial charge in [-0.2, -0.15) is 0 Å². The molecule has 6 nitrogen and oxygen atoms in total. The van der Waals surface area contributed by atoms with Gasteiger partial charge in [0.05, 0.1) is 19.3 Å². The van der Waals surface area contributed by atoms with E-state index in [1.165, 1.54) is 0 Å². The Labute approximate surface area is 136 Å². The Morgan fingerprint density at radius 3 is 2.91 bits per heavy atom. The van der Waals surface area contributed by atoms with Crippen molar-refractivity contribution in [3.8, 4) is 5.75 Å². The van der Waals surface area contributed by atoms with Gasteiger partial charge < -0.3 is 19.5 Å². The zero-order valence-corrected chi connectivity index (χ0v) is 13.5. The second kappa shape index (κ2) is 7.97. The number of aliphatic carboxylic acids is 1. The monoisotopic (exact) mass is 321 g/mol. The standard InChI is InChI=1S/C17H23NO5/c1-12(2)8-14-10-22-7-6-18(14)17(21)13-4-3-5-15(9-13)23-11-16(19)20/h3-5,9,12,14H,6-8,10-11H2,1-2H3,(H,19,20). The van der Waals surface area contributed by atoms with Gasteiger partial charge in [-0.1, -0.05) is 19.9 Å². The fraction of sp³-hybridized carbons (Fsp3) is 0.529. The molecule has 1 atom stereocenters. The van der Waals surface area contributed by atoms with E-state index in [2.05, 4.69) is 13.8 Å². The molecular weight excluding hydrogens is 298 g/mol. The number of morpholine rings is 1. The predicted octanol–water partition coefficient (Wildman–Crippen LogP) is 2.04. The highest BCUT2D eigenvalue weighted by atomic mass is 16.5. The number of carbonyl (C=O) groups is 2. The highest BCUT2D eigenvalue weighted by Gasteiger charge is 2.28. The average molecular weight is 321 g/mol. The Morgan fingerprint density at radius 1 is 1.43 bits per heavy atom. The van der Waals surface area contributed by atoms with Crippen molar-refractivity contribution < 1.29 is 24.2 Å². The maximum Gasteiger partial charge on any atom is 0.341 e. The number of benzene rings is 1. The molecule has 0 aliphatic carbocycles. The van der Waals surface area contributed by atoms with Crippen molar-refractivity contribution in [1.82, 2.24) is 4.90 Å². The quantitative estimate of drug-likeness (QED) is 0.867. The normalized spacial score (nSPS) is 18.0. The lowest BCUT2D eigenvalue weighted by Crippen LogP contribution is -2.49. The highest BCUT2D eigenvalue weighted by Crippen LogP contribution is 2.20. The van der Waals surface area contributed by atoms with E-state index in [0.29, 0.717) is 37.0 Å². The predicted molar refractivity (Wildman–Crippen MR) is 84.7 cm³/mol. The maximum atomic E-state index is 12.8. The van der Waals surface area contributed by atoms with Crippen LogP contribution in [0.25, 0.3) is 0 Å². The van der Waals surface area contributed by atoms with Crippen LogP contribution in [0.3, 0.4) is 0 Å². The van der Waals surface area contributed by atoms with Gasteiger partial charge in [0.15, 0.2) is 6.61 Å². The van der Waals surface area contributed by atoms with Gasteiger partial charge in [0.25, 0.3) is 5.91 Å². The van der Waals surface area contributed by atoms with Gasteiger partial charge in [-0.15, -0.1) is 0 Å². The van der Waals surface area contributed by atoms with Crippen LogP contribution in [0.2, 0.25) is 0 Å². The molecular formula is C17H23NO5. The SMILES string of the molecule is CC(C)CC1COCCN1C(=O)c1cccc(OCC(=O)O)c1. The number of carbonyl (C=O) groups excluding carboxylic acids is 1. The summed E-state index contributed by atoms with van der Waals surface area (Å²) in [5.41, 5.74) is 0.503. The van der Waals surface area contributed by atoms with E-state index in [0.717, 1.165) is 6.42 Å². The molecule has 1 heterocycles. The summed E-state index contributed by atoms with van der Waals surface area (Å²) in [6, 6.07) is 6.72. The minimum atomic E-state index is -1.05. The summed E-state index contributed by atoms with van der Waals surface area (Å²) >= 11 is 0. The summed E-state index contributed by atoms with van der Waals surface area (Å²) in [6.45, 7) is 5.48. The van der Waals surface area contributed by atoms with E-state index < -0.39 is 12.6 Å². The zero-order chi connectivity index (χ0) is 16.8. The van der Waals surface area contributed by atoms with E-state index in [4.69, 9.17) is 14.6 Å². The van der Waals surface area contributed by atoms with Gasteiger partial charge >= 0.3 is 5.97 Å². The van der Waals surface area contributed by atoms with Crippen molar-refractivity contribution in [1.29, 1.82) is 0 Å². The van der Waals surface area contributed by atoms with Crippen LogP contribution in [0.4, 0.5) is 0 Å². The summed E-state index contributed by atoms with van der Waals surface area (Å²) in [5, 5.41) is 8.66. The molecule has 1 fully saturated rings. The molecule has 0 bridgehead atoms. The molecule has 1 unspecified atom stereocenters. The van der Waals surface area contributed by atoms with Crippen molar-refractivity contribution >= 4 is 11.9 Å². The van der Waals surface area contributed by atoms with Gasteiger partial charge in [0.1, 0.15) is 5.75 Å². The van der Waals surface area contributed by atoms with Crippen molar-refractivity contribution in [3.63, 3.8) is 0 Å². The fourth-order valence-electron chi connectivity index (χ4n) is 2.69. The maximum absolute atomic E-state index is 12.8. The first-order valence-electron chi connectivity index (χ1n) is 7.80. The number of rotatable bonds is 6. The van der Waals surface area contributed by atoms with Gasteiger partial charge in [-0.3, -0.25) is 4.79 Å². The van der Waals surface area contributed by atoms with E-state index in [-0.39, 0.29) is 11.9 Å². The number of carboxylic acids is 1. The average Bonchev–Trinajstić information content (AvgIpc) is 2.52. The molecule has 1 saturated heterocycles. The smallest absolute Gasteiger partial charge is 0.341 e. The molecule has 0 spiro atoms. The lowest BCUT2D eigenvalue weighted by molar-refractivity contribution is -0.139. The van der Waals surface area contributed by atoms with E-state index in [1.807, 2.05) is 4.90 Å². The molecule has 0 saturated carbocycles. The van der Waals surface area contributed by atoms with Gasteiger partial charge in [-0.05, 0) is 30.5 Å². The van der Waals surface area contributed by atoms with Crippen LogP contribution in [0.1, 0.15) is 30.6 Å². The number of amides is 1. The summed E-state index contributed by atoms with van der Waals surface area (Å²) in [7, 11) is 0. The number of hydrogen-bond acceptors (Lipinski definition) is 4. The van der Waals surface area contributed by atoms with Gasteiger partial charge in [-0.25, -0.2) is 4.79 Å². The summed E-state index contributed by atoms with van der Waals surface area (Å²) in [4.78, 5) is 25.2. The molecule has 1 amide bonds. The molecule has 126 valence electrons. The molecule has 1 N–H and O–H groups in total. The van der Waals surface area contributed by atoms with Crippen molar-refractivity contribution in [2.45, 2.75) is 26.3 Å². The molecule has 2 rings (SSSR count). The van der Waals surface area contributed by atoms with Crippen LogP contribution in [0.5, 0.6) is 5.75 Å². The molecule has 6 heteroatoms. The number of ether oxygens (including phenoxy) is 2. The summed E-state index contributed by atoms with van der Waals surface area (Å²) < 4.78 is 10.6. The zero-order valence-electron chi connectivity index (χ0n) is 13.5. The second-order valence-corrected chi connectivity index (χ2v) is 6.07. The lowest BCUT2D eigenvalue weighted by atomic mass is 10.0. The highest BCUT2D eigenvalue weighted by molar-refractivity contribution is 5.95.